The van der Waals surface area contributed by atoms with E-state index in [0.29, 0.717) is 5.39 Å². The Morgan fingerprint density at radius 1 is 1.31 bits per heavy atom. The predicted octanol–water partition coefficient (Wildman–Crippen LogP) is 3.88. The standard InChI is InChI=1S/C21H21F2N3O2S/c1-12(14-7-6-13(22)10-16(14)23)25-18(27)8-9-26-11-24-20-19(21(26)28)15-4-2-3-5-17(15)29-20/h6-7,10-12H,2-5,8-9H2,1H3,(H,25,27)/t12-/m1/s1. The first-order valence-corrected chi connectivity index (χ1v) is 10.5. The number of thiophene rings is 1. The van der Waals surface area contributed by atoms with E-state index in [9.17, 15) is 18.4 Å². The molecule has 8 heteroatoms. The minimum absolute atomic E-state index is 0.0621. The van der Waals surface area contributed by atoms with Gasteiger partial charge in [-0.2, -0.15) is 0 Å². The van der Waals surface area contributed by atoms with Crippen LogP contribution in [0.1, 0.15) is 48.2 Å². The quantitative estimate of drug-likeness (QED) is 0.685. The summed E-state index contributed by atoms with van der Waals surface area (Å²) in [7, 11) is 0. The highest BCUT2D eigenvalue weighted by atomic mass is 32.1. The zero-order chi connectivity index (χ0) is 20.5. The lowest BCUT2D eigenvalue weighted by molar-refractivity contribution is -0.122. The Morgan fingerprint density at radius 2 is 2.10 bits per heavy atom. The maximum absolute atomic E-state index is 13.9. The Hall–Kier alpha value is -2.61. The summed E-state index contributed by atoms with van der Waals surface area (Å²) < 4.78 is 28.4. The van der Waals surface area contributed by atoms with E-state index in [1.165, 1.54) is 21.8 Å². The Morgan fingerprint density at radius 3 is 2.90 bits per heavy atom. The molecule has 1 aromatic carbocycles. The van der Waals surface area contributed by atoms with Crippen molar-refractivity contribution in [1.29, 1.82) is 0 Å². The second-order valence-electron chi connectivity index (χ2n) is 7.34. The largest absolute Gasteiger partial charge is 0.349 e. The SMILES string of the molecule is C[C@@H](NC(=O)CCn1cnc2sc3c(c2c1=O)CCCC3)c1ccc(F)cc1F. The maximum Gasteiger partial charge on any atom is 0.262 e. The van der Waals surface area contributed by atoms with Crippen LogP contribution in [0.5, 0.6) is 0 Å². The van der Waals surface area contributed by atoms with Crippen molar-refractivity contribution in [3.05, 3.63) is 62.5 Å². The maximum atomic E-state index is 13.9. The summed E-state index contributed by atoms with van der Waals surface area (Å²) in [6.45, 7) is 1.82. The van der Waals surface area contributed by atoms with E-state index < -0.39 is 17.7 Å². The van der Waals surface area contributed by atoms with Crippen molar-refractivity contribution in [3.8, 4) is 0 Å². The summed E-state index contributed by atoms with van der Waals surface area (Å²) in [6.07, 6.45) is 5.66. The number of hydrogen-bond donors (Lipinski definition) is 1. The number of halogens is 2. The number of aryl methyl sites for hydroxylation is 3. The molecule has 152 valence electrons. The molecule has 0 aliphatic heterocycles. The highest BCUT2D eigenvalue weighted by Crippen LogP contribution is 2.33. The smallest absolute Gasteiger partial charge is 0.262 e. The van der Waals surface area contributed by atoms with Gasteiger partial charge in [0.15, 0.2) is 0 Å². The molecule has 0 bridgehead atoms. The second kappa shape index (κ2) is 8.02. The molecule has 1 aliphatic carbocycles. The highest BCUT2D eigenvalue weighted by Gasteiger charge is 2.20. The molecule has 29 heavy (non-hydrogen) atoms. The fourth-order valence-corrected chi connectivity index (χ4v) is 5.03. The molecule has 4 rings (SSSR count). The Kier molecular flexibility index (Phi) is 5.45. The molecule has 1 atom stereocenters. The molecule has 1 amide bonds. The van der Waals surface area contributed by atoms with Crippen molar-refractivity contribution in [1.82, 2.24) is 14.9 Å². The third kappa shape index (κ3) is 3.94. The van der Waals surface area contributed by atoms with Crippen LogP contribution in [0.2, 0.25) is 0 Å². The summed E-state index contributed by atoms with van der Waals surface area (Å²) in [5.41, 5.74) is 1.22. The molecule has 1 N–H and O–H groups in total. The van der Waals surface area contributed by atoms with Crippen molar-refractivity contribution in [2.75, 3.05) is 0 Å². The van der Waals surface area contributed by atoms with E-state index in [-0.39, 0.29) is 30.0 Å². The summed E-state index contributed by atoms with van der Waals surface area (Å²) in [5, 5.41) is 3.38. The number of benzene rings is 1. The first kappa shape index (κ1) is 19.7. The number of nitrogens with one attached hydrogen (secondary N) is 1. The molecule has 0 fully saturated rings. The minimum atomic E-state index is -0.703. The number of fused-ring (bicyclic) bond motifs is 3. The van der Waals surface area contributed by atoms with Crippen LogP contribution >= 0.6 is 11.3 Å². The Balaban J connectivity index is 1.46. The zero-order valence-corrected chi connectivity index (χ0v) is 16.8. The molecular formula is C21H21F2N3O2S. The van der Waals surface area contributed by atoms with Crippen LogP contribution < -0.4 is 10.9 Å². The van der Waals surface area contributed by atoms with Crippen molar-refractivity contribution in [2.24, 2.45) is 0 Å². The van der Waals surface area contributed by atoms with Gasteiger partial charge in [0.25, 0.3) is 5.56 Å². The molecule has 0 saturated carbocycles. The van der Waals surface area contributed by atoms with Crippen LogP contribution in [-0.4, -0.2) is 15.5 Å². The molecule has 0 saturated heterocycles. The fourth-order valence-electron chi connectivity index (χ4n) is 3.81. The van der Waals surface area contributed by atoms with Gasteiger partial charge < -0.3 is 5.32 Å². The summed E-state index contributed by atoms with van der Waals surface area (Å²) in [6, 6.07) is 2.66. The molecule has 0 spiro atoms. The van der Waals surface area contributed by atoms with Gasteiger partial charge >= 0.3 is 0 Å². The van der Waals surface area contributed by atoms with Gasteiger partial charge in [-0.25, -0.2) is 13.8 Å². The summed E-state index contributed by atoms with van der Waals surface area (Å²) in [4.78, 5) is 31.6. The lowest BCUT2D eigenvalue weighted by atomic mass is 9.97. The van der Waals surface area contributed by atoms with Crippen molar-refractivity contribution in [2.45, 2.75) is 51.6 Å². The first-order chi connectivity index (χ1) is 13.9. The summed E-state index contributed by atoms with van der Waals surface area (Å²) >= 11 is 1.59. The monoisotopic (exact) mass is 417 g/mol. The normalized spacial score (nSPS) is 14.6. The van der Waals surface area contributed by atoms with Gasteiger partial charge in [-0.3, -0.25) is 14.2 Å². The van der Waals surface area contributed by atoms with Crippen molar-refractivity contribution < 1.29 is 13.6 Å². The van der Waals surface area contributed by atoms with E-state index >= 15 is 0 Å². The van der Waals surface area contributed by atoms with Crippen LogP contribution in [0, 0.1) is 11.6 Å². The van der Waals surface area contributed by atoms with E-state index in [4.69, 9.17) is 0 Å². The van der Waals surface area contributed by atoms with E-state index in [1.807, 2.05) is 0 Å². The lowest BCUT2D eigenvalue weighted by Crippen LogP contribution is -2.30. The van der Waals surface area contributed by atoms with Crippen LogP contribution in [0.15, 0.2) is 29.3 Å². The van der Waals surface area contributed by atoms with Gasteiger partial charge in [0, 0.05) is 29.5 Å². The topological polar surface area (TPSA) is 64.0 Å². The zero-order valence-electron chi connectivity index (χ0n) is 16.0. The van der Waals surface area contributed by atoms with E-state index in [1.54, 1.807) is 18.3 Å². The number of nitrogens with zero attached hydrogens (tertiary/aromatic N) is 2. The van der Waals surface area contributed by atoms with E-state index in [0.717, 1.165) is 48.2 Å². The molecule has 0 unspecified atom stereocenters. The second-order valence-corrected chi connectivity index (χ2v) is 8.42. The first-order valence-electron chi connectivity index (χ1n) is 9.68. The molecular weight excluding hydrogens is 396 g/mol. The van der Waals surface area contributed by atoms with Crippen LogP contribution in [0.3, 0.4) is 0 Å². The summed E-state index contributed by atoms with van der Waals surface area (Å²) in [5.74, 6) is -1.69. The van der Waals surface area contributed by atoms with Crippen molar-refractivity contribution >= 4 is 27.5 Å². The van der Waals surface area contributed by atoms with Gasteiger partial charge in [-0.1, -0.05) is 6.07 Å². The van der Waals surface area contributed by atoms with E-state index in [2.05, 4.69) is 10.3 Å². The Labute approximate surface area is 170 Å². The van der Waals surface area contributed by atoms with Crippen LogP contribution in [-0.2, 0) is 24.2 Å². The van der Waals surface area contributed by atoms with Gasteiger partial charge in [0.05, 0.1) is 17.8 Å². The molecule has 3 aromatic rings. The molecule has 1 aliphatic rings. The van der Waals surface area contributed by atoms with Crippen molar-refractivity contribution in [3.63, 3.8) is 0 Å². The number of carbonyl (C=O) groups is 1. The molecule has 2 heterocycles. The highest BCUT2D eigenvalue weighted by molar-refractivity contribution is 7.18. The van der Waals surface area contributed by atoms with Crippen LogP contribution in [0.4, 0.5) is 8.78 Å². The molecule has 5 nitrogen and oxygen atoms in total. The Bertz CT molecular complexity index is 1140. The number of amides is 1. The number of carbonyl (C=O) groups excluding carboxylic acids is 1. The molecule has 2 aromatic heterocycles. The molecule has 0 radical (unpaired) electrons. The average molecular weight is 417 g/mol. The van der Waals surface area contributed by atoms with Crippen LogP contribution in [0.25, 0.3) is 10.2 Å². The number of rotatable bonds is 5. The van der Waals surface area contributed by atoms with Gasteiger partial charge in [0.1, 0.15) is 16.5 Å². The third-order valence-electron chi connectivity index (χ3n) is 5.33. The third-order valence-corrected chi connectivity index (χ3v) is 6.53. The van der Waals surface area contributed by atoms with Gasteiger partial charge in [-0.15, -0.1) is 11.3 Å². The lowest BCUT2D eigenvalue weighted by Gasteiger charge is -2.15. The number of hydrogen-bond acceptors (Lipinski definition) is 4. The minimum Gasteiger partial charge on any atom is -0.349 e. The number of aromatic nitrogens is 2. The average Bonchev–Trinajstić information content (AvgIpc) is 3.06. The predicted molar refractivity (Wildman–Crippen MR) is 108 cm³/mol. The van der Waals surface area contributed by atoms with Gasteiger partial charge in [0.2, 0.25) is 5.91 Å². The fraction of sp³-hybridized carbons (Fsp3) is 0.381. The van der Waals surface area contributed by atoms with Gasteiger partial charge in [-0.05, 0) is 44.2 Å².